The topological polar surface area (TPSA) is 83.5 Å². The Kier molecular flexibility index (Phi) is 5.65. The smallest absolute Gasteiger partial charge is 0.240 e. The average Bonchev–Trinajstić information content (AvgIpc) is 2.37. The maximum absolute atomic E-state index is 11.8. The summed E-state index contributed by atoms with van der Waals surface area (Å²) in [5.41, 5.74) is 0.510. The van der Waals surface area contributed by atoms with Crippen LogP contribution >= 0.6 is 0 Å². The van der Waals surface area contributed by atoms with Gasteiger partial charge in [-0.15, -0.1) is 0 Å². The number of aliphatic hydroxyl groups excluding tert-OH is 1. The van der Waals surface area contributed by atoms with E-state index in [9.17, 15) is 13.2 Å². The molecule has 0 heterocycles. The first kappa shape index (κ1) is 15.8. The van der Waals surface area contributed by atoms with Crippen LogP contribution in [0.2, 0.25) is 0 Å². The van der Waals surface area contributed by atoms with Gasteiger partial charge in [0.05, 0.1) is 11.0 Å². The van der Waals surface area contributed by atoms with Gasteiger partial charge in [-0.2, -0.15) is 0 Å². The minimum Gasteiger partial charge on any atom is -0.392 e. The van der Waals surface area contributed by atoms with Crippen molar-refractivity contribution in [3.8, 4) is 0 Å². The number of nitrogens with one attached hydrogen (secondary N) is 1. The summed E-state index contributed by atoms with van der Waals surface area (Å²) in [6.45, 7) is 3.37. The van der Waals surface area contributed by atoms with E-state index in [4.69, 9.17) is 5.11 Å². The van der Waals surface area contributed by atoms with E-state index in [-0.39, 0.29) is 17.2 Å². The zero-order chi connectivity index (χ0) is 14.5. The lowest BCUT2D eigenvalue weighted by Gasteiger charge is -2.08. The zero-order valence-corrected chi connectivity index (χ0v) is 11.9. The molecule has 1 unspecified atom stereocenters. The highest BCUT2D eigenvalue weighted by Crippen LogP contribution is 2.12. The van der Waals surface area contributed by atoms with Crippen LogP contribution in [0.5, 0.6) is 0 Å². The largest absolute Gasteiger partial charge is 0.392 e. The van der Waals surface area contributed by atoms with E-state index in [0.717, 1.165) is 6.42 Å². The molecule has 1 aromatic carbocycles. The molecule has 5 nitrogen and oxygen atoms in total. The number of Topliss-reactive ketones (excluding diaryl/α,β-unsaturated/α-hetero) is 1. The Balaban J connectivity index is 2.83. The highest BCUT2D eigenvalue weighted by Gasteiger charge is 2.15. The van der Waals surface area contributed by atoms with Crippen molar-refractivity contribution in [2.75, 3.05) is 6.54 Å². The number of hydrogen-bond donors (Lipinski definition) is 2. The van der Waals surface area contributed by atoms with Gasteiger partial charge in [0.25, 0.3) is 0 Å². The lowest BCUT2D eigenvalue weighted by molar-refractivity contribution is 0.0981. The van der Waals surface area contributed by atoms with Gasteiger partial charge in [0.1, 0.15) is 0 Å². The maximum atomic E-state index is 11.8. The van der Waals surface area contributed by atoms with Gasteiger partial charge >= 0.3 is 0 Å². The minimum absolute atomic E-state index is 0.00314. The number of ketones is 1. The van der Waals surface area contributed by atoms with Crippen molar-refractivity contribution in [3.05, 3.63) is 29.8 Å². The summed E-state index contributed by atoms with van der Waals surface area (Å²) >= 11 is 0. The van der Waals surface area contributed by atoms with E-state index in [1.54, 1.807) is 0 Å². The third-order valence-corrected chi connectivity index (χ3v) is 3.97. The van der Waals surface area contributed by atoms with Crippen LogP contribution in [-0.4, -0.2) is 32.0 Å². The molecule has 0 bridgehead atoms. The minimum atomic E-state index is -3.63. The fourth-order valence-corrected chi connectivity index (χ4v) is 2.63. The Morgan fingerprint density at radius 2 is 1.89 bits per heavy atom. The standard InChI is InChI=1S/C13H19NO4S/c1-3-4-13(16)11-5-7-12(8-6-11)19(17,18)14-9-10(2)15/h5-8,10,14-15H,3-4,9H2,1-2H3. The maximum Gasteiger partial charge on any atom is 0.240 e. The molecule has 0 aliphatic heterocycles. The predicted molar refractivity (Wildman–Crippen MR) is 72.5 cm³/mol. The molecule has 106 valence electrons. The first-order valence-electron chi connectivity index (χ1n) is 6.18. The Morgan fingerprint density at radius 1 is 1.32 bits per heavy atom. The molecule has 0 fully saturated rings. The van der Waals surface area contributed by atoms with Crippen molar-refractivity contribution in [1.82, 2.24) is 4.72 Å². The molecule has 1 rings (SSSR count). The molecule has 0 spiro atoms. The van der Waals surface area contributed by atoms with E-state index >= 15 is 0 Å². The van der Waals surface area contributed by atoms with Crippen LogP contribution in [0.1, 0.15) is 37.0 Å². The summed E-state index contributed by atoms with van der Waals surface area (Å²) in [5, 5.41) is 9.07. The van der Waals surface area contributed by atoms with Gasteiger partial charge in [-0.3, -0.25) is 4.79 Å². The van der Waals surface area contributed by atoms with Gasteiger partial charge < -0.3 is 5.11 Å². The molecule has 19 heavy (non-hydrogen) atoms. The molecule has 1 aromatic rings. The molecule has 0 aliphatic carbocycles. The molecule has 2 N–H and O–H groups in total. The van der Waals surface area contributed by atoms with Crippen LogP contribution in [0.15, 0.2) is 29.2 Å². The SMILES string of the molecule is CCCC(=O)c1ccc(S(=O)(=O)NCC(C)O)cc1. The third kappa shape index (κ3) is 4.74. The second-order valence-corrected chi connectivity index (χ2v) is 6.17. The molecule has 0 amide bonds. The van der Waals surface area contributed by atoms with E-state index in [1.165, 1.54) is 31.2 Å². The quantitative estimate of drug-likeness (QED) is 0.740. The number of rotatable bonds is 7. The summed E-state index contributed by atoms with van der Waals surface area (Å²) in [5.74, 6) is 0.00314. The highest BCUT2D eigenvalue weighted by molar-refractivity contribution is 7.89. The van der Waals surface area contributed by atoms with Crippen LogP contribution in [0.3, 0.4) is 0 Å². The van der Waals surface area contributed by atoms with Crippen LogP contribution in [-0.2, 0) is 10.0 Å². The van der Waals surface area contributed by atoms with Crippen molar-refractivity contribution in [2.45, 2.75) is 37.7 Å². The fourth-order valence-electron chi connectivity index (χ4n) is 1.51. The monoisotopic (exact) mass is 285 g/mol. The molecule has 0 saturated carbocycles. The zero-order valence-electron chi connectivity index (χ0n) is 11.1. The fraction of sp³-hybridized carbons (Fsp3) is 0.462. The van der Waals surface area contributed by atoms with Gasteiger partial charge in [-0.05, 0) is 25.5 Å². The molecule has 0 radical (unpaired) electrons. The summed E-state index contributed by atoms with van der Waals surface area (Å²) < 4.78 is 26.0. The van der Waals surface area contributed by atoms with Crippen LogP contribution in [0, 0.1) is 0 Å². The van der Waals surface area contributed by atoms with Gasteiger partial charge in [0, 0.05) is 18.5 Å². The Morgan fingerprint density at radius 3 is 2.37 bits per heavy atom. The highest BCUT2D eigenvalue weighted by atomic mass is 32.2. The van der Waals surface area contributed by atoms with Crippen molar-refractivity contribution in [2.24, 2.45) is 0 Å². The molecule has 1 atom stereocenters. The van der Waals surface area contributed by atoms with E-state index in [0.29, 0.717) is 12.0 Å². The summed E-state index contributed by atoms with van der Waals surface area (Å²) in [6, 6.07) is 5.81. The Hall–Kier alpha value is -1.24. The normalized spacial score (nSPS) is 13.2. The van der Waals surface area contributed by atoms with Crippen LogP contribution in [0.25, 0.3) is 0 Å². The summed E-state index contributed by atoms with van der Waals surface area (Å²) in [7, 11) is -3.63. The third-order valence-electron chi connectivity index (χ3n) is 2.53. The number of carbonyl (C=O) groups excluding carboxylic acids is 1. The van der Waals surface area contributed by atoms with Gasteiger partial charge in [0.15, 0.2) is 5.78 Å². The molecule has 6 heteroatoms. The van der Waals surface area contributed by atoms with Crippen molar-refractivity contribution in [1.29, 1.82) is 0 Å². The molecule has 0 aliphatic rings. The number of hydrogen-bond acceptors (Lipinski definition) is 4. The van der Waals surface area contributed by atoms with Crippen molar-refractivity contribution in [3.63, 3.8) is 0 Å². The number of aliphatic hydroxyl groups is 1. The van der Waals surface area contributed by atoms with Crippen LogP contribution < -0.4 is 4.72 Å². The van der Waals surface area contributed by atoms with E-state index in [1.807, 2.05) is 6.92 Å². The van der Waals surface area contributed by atoms with E-state index < -0.39 is 16.1 Å². The summed E-state index contributed by atoms with van der Waals surface area (Å²) in [6.07, 6.45) is 0.460. The first-order chi connectivity index (χ1) is 8.86. The number of carbonyl (C=O) groups is 1. The van der Waals surface area contributed by atoms with E-state index in [2.05, 4.69) is 4.72 Å². The molecule has 0 saturated heterocycles. The van der Waals surface area contributed by atoms with Gasteiger partial charge in [-0.1, -0.05) is 19.1 Å². The number of sulfonamides is 1. The lowest BCUT2D eigenvalue weighted by atomic mass is 10.1. The second-order valence-electron chi connectivity index (χ2n) is 4.40. The Bertz CT molecular complexity index is 520. The molecule has 0 aromatic heterocycles. The first-order valence-corrected chi connectivity index (χ1v) is 7.66. The lowest BCUT2D eigenvalue weighted by Crippen LogP contribution is -2.30. The number of benzene rings is 1. The summed E-state index contributed by atoms with van der Waals surface area (Å²) in [4.78, 5) is 11.7. The van der Waals surface area contributed by atoms with Crippen molar-refractivity contribution < 1.29 is 18.3 Å². The van der Waals surface area contributed by atoms with Crippen molar-refractivity contribution >= 4 is 15.8 Å². The Labute approximate surface area is 113 Å². The average molecular weight is 285 g/mol. The molecular weight excluding hydrogens is 266 g/mol. The predicted octanol–water partition coefficient (Wildman–Crippen LogP) is 1.33. The van der Waals surface area contributed by atoms with Gasteiger partial charge in [-0.25, -0.2) is 13.1 Å². The second kappa shape index (κ2) is 6.79. The molecular formula is C13H19NO4S. The van der Waals surface area contributed by atoms with Gasteiger partial charge in [0.2, 0.25) is 10.0 Å². The van der Waals surface area contributed by atoms with Crippen LogP contribution in [0.4, 0.5) is 0 Å².